The average molecular weight is 482 g/mol. The summed E-state index contributed by atoms with van der Waals surface area (Å²) < 4.78 is 49.1. The fourth-order valence-corrected chi connectivity index (χ4v) is 9.04. The zero-order valence-electron chi connectivity index (χ0n) is 18.4. The molecule has 0 amide bonds. The topological polar surface area (TPSA) is 136 Å². The zero-order chi connectivity index (χ0) is 23.2. The summed E-state index contributed by atoms with van der Waals surface area (Å²) in [4.78, 5) is 39.1. The SMILES string of the molecule is O=C(OC1C2CC3C1OC(=O)C3(C(=O)OCCCS(=O)(=O)[O-])C2)C12CC3CC(CC(C3)C1)C2. The third-order valence-electron chi connectivity index (χ3n) is 9.42. The molecule has 1 aliphatic heterocycles. The summed E-state index contributed by atoms with van der Waals surface area (Å²) >= 11 is 0. The lowest BCUT2D eigenvalue weighted by molar-refractivity contribution is -0.185. The van der Waals surface area contributed by atoms with Crippen molar-refractivity contribution >= 4 is 28.0 Å². The summed E-state index contributed by atoms with van der Waals surface area (Å²) in [6, 6.07) is 0. The molecule has 182 valence electrons. The normalized spacial score (nSPS) is 46.5. The second kappa shape index (κ2) is 7.16. The molecule has 5 unspecified atom stereocenters. The van der Waals surface area contributed by atoms with E-state index in [9.17, 15) is 27.4 Å². The van der Waals surface area contributed by atoms with Crippen LogP contribution in [0.5, 0.6) is 0 Å². The summed E-state index contributed by atoms with van der Waals surface area (Å²) in [5.41, 5.74) is -1.80. The van der Waals surface area contributed by atoms with Gasteiger partial charge in [0.25, 0.3) is 0 Å². The van der Waals surface area contributed by atoms with E-state index in [-0.39, 0.29) is 31.3 Å². The molecule has 5 atom stereocenters. The second-order valence-electron chi connectivity index (χ2n) is 11.5. The van der Waals surface area contributed by atoms with Crippen molar-refractivity contribution in [2.45, 2.75) is 70.0 Å². The van der Waals surface area contributed by atoms with E-state index in [4.69, 9.17) is 14.2 Å². The smallest absolute Gasteiger partial charge is 0.324 e. The van der Waals surface area contributed by atoms with Gasteiger partial charge >= 0.3 is 17.9 Å². The minimum absolute atomic E-state index is 0.120. The van der Waals surface area contributed by atoms with Crippen molar-refractivity contribution in [2.75, 3.05) is 12.4 Å². The number of esters is 3. The van der Waals surface area contributed by atoms with Crippen molar-refractivity contribution in [1.82, 2.24) is 0 Å². The molecule has 6 saturated carbocycles. The van der Waals surface area contributed by atoms with Gasteiger partial charge in [-0.1, -0.05) is 0 Å². The van der Waals surface area contributed by atoms with E-state index in [0.717, 1.165) is 19.3 Å². The standard InChI is InChI=1S/C23H30O9S/c24-19(22-8-12-4-13(9-22)6-14(5-12)10-22)31-17-15-7-16-18(17)32-21(26)23(16,11-15)20(25)30-2-1-3-33(27,28)29/h12-18H,1-11H2,(H,27,28,29)/p-1. The molecule has 0 aromatic carbocycles. The maximum Gasteiger partial charge on any atom is 0.324 e. The van der Waals surface area contributed by atoms with E-state index < -0.39 is 56.8 Å². The van der Waals surface area contributed by atoms with Gasteiger partial charge in [0.05, 0.1) is 22.1 Å². The highest BCUT2D eigenvalue weighted by molar-refractivity contribution is 7.85. The van der Waals surface area contributed by atoms with Crippen LogP contribution in [0.25, 0.3) is 0 Å². The highest BCUT2D eigenvalue weighted by Crippen LogP contribution is 2.64. The van der Waals surface area contributed by atoms with Crippen LogP contribution in [0.15, 0.2) is 0 Å². The summed E-state index contributed by atoms with van der Waals surface area (Å²) in [5, 5.41) is 0. The molecular weight excluding hydrogens is 452 g/mol. The number of carbonyl (C=O) groups is 3. The van der Waals surface area contributed by atoms with Crippen LogP contribution in [0.3, 0.4) is 0 Å². The van der Waals surface area contributed by atoms with Crippen LogP contribution in [-0.4, -0.2) is 55.4 Å². The summed E-state index contributed by atoms with van der Waals surface area (Å²) in [6.07, 6.45) is 5.88. The Morgan fingerprint density at radius 3 is 2.24 bits per heavy atom. The molecule has 1 heterocycles. The van der Waals surface area contributed by atoms with Gasteiger partial charge in [-0.05, 0) is 75.5 Å². The maximum atomic E-state index is 13.4. The zero-order valence-corrected chi connectivity index (χ0v) is 19.2. The van der Waals surface area contributed by atoms with Crippen molar-refractivity contribution in [2.24, 2.45) is 40.4 Å². The van der Waals surface area contributed by atoms with Gasteiger partial charge in [0.15, 0.2) is 5.41 Å². The Hall–Kier alpha value is -1.68. The summed E-state index contributed by atoms with van der Waals surface area (Å²) in [6.45, 7) is -0.248. The maximum absolute atomic E-state index is 13.4. The van der Waals surface area contributed by atoms with E-state index in [1.54, 1.807) is 0 Å². The Labute approximate surface area is 192 Å². The molecule has 0 N–H and O–H groups in total. The molecule has 6 aliphatic carbocycles. The van der Waals surface area contributed by atoms with Crippen molar-refractivity contribution in [3.63, 3.8) is 0 Å². The fraction of sp³-hybridized carbons (Fsp3) is 0.870. The molecule has 10 heteroatoms. The van der Waals surface area contributed by atoms with Gasteiger partial charge in [-0.2, -0.15) is 0 Å². The Morgan fingerprint density at radius 1 is 1.00 bits per heavy atom. The van der Waals surface area contributed by atoms with Gasteiger partial charge in [0.2, 0.25) is 0 Å². The van der Waals surface area contributed by atoms with Crippen molar-refractivity contribution in [1.29, 1.82) is 0 Å². The highest BCUT2D eigenvalue weighted by Gasteiger charge is 2.75. The molecule has 7 fully saturated rings. The molecule has 7 rings (SSSR count). The molecule has 1 saturated heterocycles. The number of ether oxygens (including phenoxy) is 3. The highest BCUT2D eigenvalue weighted by atomic mass is 32.2. The first kappa shape index (κ1) is 21.8. The van der Waals surface area contributed by atoms with E-state index >= 15 is 0 Å². The molecule has 0 aromatic heterocycles. The predicted molar refractivity (Wildman–Crippen MR) is 109 cm³/mol. The monoisotopic (exact) mass is 481 g/mol. The van der Waals surface area contributed by atoms with Crippen molar-refractivity contribution < 1.29 is 41.6 Å². The van der Waals surface area contributed by atoms with Gasteiger partial charge in [-0.15, -0.1) is 0 Å². The molecule has 0 radical (unpaired) electrons. The largest absolute Gasteiger partial charge is 0.748 e. The summed E-state index contributed by atoms with van der Waals surface area (Å²) in [5.74, 6) is -0.833. The molecular formula is C23H29O9S-. The molecule has 7 aliphatic rings. The van der Waals surface area contributed by atoms with E-state index in [1.165, 1.54) is 19.3 Å². The van der Waals surface area contributed by atoms with Crippen LogP contribution < -0.4 is 0 Å². The van der Waals surface area contributed by atoms with Gasteiger partial charge in [0, 0.05) is 17.6 Å². The first-order valence-electron chi connectivity index (χ1n) is 12.1. The lowest BCUT2D eigenvalue weighted by Gasteiger charge is -2.55. The van der Waals surface area contributed by atoms with Crippen LogP contribution in [0.4, 0.5) is 0 Å². The molecule has 0 spiro atoms. The minimum atomic E-state index is -4.39. The third kappa shape index (κ3) is 3.26. The quantitative estimate of drug-likeness (QED) is 0.174. The van der Waals surface area contributed by atoms with Crippen LogP contribution in [0.1, 0.15) is 57.8 Å². The Balaban J connectivity index is 1.12. The number of hydrogen-bond donors (Lipinski definition) is 0. The lowest BCUT2D eigenvalue weighted by Crippen LogP contribution is -2.52. The van der Waals surface area contributed by atoms with Crippen molar-refractivity contribution in [3.05, 3.63) is 0 Å². The number of hydrogen-bond acceptors (Lipinski definition) is 9. The molecule has 33 heavy (non-hydrogen) atoms. The fourth-order valence-electron chi connectivity index (χ4n) is 8.57. The van der Waals surface area contributed by atoms with E-state index in [1.807, 2.05) is 0 Å². The molecule has 6 bridgehead atoms. The van der Waals surface area contributed by atoms with Gasteiger partial charge in [-0.25, -0.2) is 8.42 Å². The van der Waals surface area contributed by atoms with Crippen LogP contribution in [0, 0.1) is 40.4 Å². The molecule has 0 aromatic rings. The first-order valence-corrected chi connectivity index (χ1v) is 13.7. The van der Waals surface area contributed by atoms with Gasteiger partial charge < -0.3 is 18.8 Å². The Morgan fingerprint density at radius 2 is 1.64 bits per heavy atom. The number of carbonyl (C=O) groups excluding carboxylic acids is 3. The summed E-state index contributed by atoms with van der Waals surface area (Å²) in [7, 11) is -4.39. The lowest BCUT2D eigenvalue weighted by atomic mass is 9.49. The van der Waals surface area contributed by atoms with Gasteiger partial charge in [-0.3, -0.25) is 14.4 Å². The minimum Gasteiger partial charge on any atom is -0.748 e. The van der Waals surface area contributed by atoms with Crippen LogP contribution in [0.2, 0.25) is 0 Å². The molecule has 9 nitrogen and oxygen atoms in total. The van der Waals surface area contributed by atoms with Gasteiger partial charge in [0.1, 0.15) is 12.2 Å². The van der Waals surface area contributed by atoms with E-state index in [2.05, 4.69) is 0 Å². The predicted octanol–water partition coefficient (Wildman–Crippen LogP) is 1.54. The third-order valence-corrected chi connectivity index (χ3v) is 10.2. The first-order chi connectivity index (χ1) is 15.6. The second-order valence-corrected chi connectivity index (χ2v) is 13.0. The number of fused-ring (bicyclic) bond motifs is 1. The van der Waals surface area contributed by atoms with Crippen LogP contribution in [-0.2, 0) is 38.7 Å². The van der Waals surface area contributed by atoms with Crippen LogP contribution >= 0.6 is 0 Å². The average Bonchev–Trinajstić information content (AvgIpc) is 3.32. The number of rotatable bonds is 7. The van der Waals surface area contributed by atoms with Crippen molar-refractivity contribution in [3.8, 4) is 0 Å². The Kier molecular flexibility index (Phi) is 4.74. The Bertz CT molecular complexity index is 968. The van der Waals surface area contributed by atoms with E-state index in [0.29, 0.717) is 24.2 Å².